The highest BCUT2D eigenvalue weighted by atomic mass is 15.1. The summed E-state index contributed by atoms with van der Waals surface area (Å²) in [6, 6.07) is 11.4. The smallest absolute Gasteiger partial charge is 0.136 e. The number of aromatic amines is 1. The van der Waals surface area contributed by atoms with Gasteiger partial charge < -0.3 is 19.6 Å². The molecule has 5 rings (SSSR count). The van der Waals surface area contributed by atoms with Crippen LogP contribution in [0.15, 0.2) is 48.9 Å². The number of piperidine rings is 1. The van der Waals surface area contributed by atoms with Gasteiger partial charge in [0.2, 0.25) is 0 Å². The first-order valence-electron chi connectivity index (χ1n) is 11.2. The minimum absolute atomic E-state index is 0.672. The fourth-order valence-corrected chi connectivity index (χ4v) is 4.96. The molecule has 3 aromatic heterocycles. The first-order chi connectivity index (χ1) is 14.8. The number of aromatic nitrogens is 3. The summed E-state index contributed by atoms with van der Waals surface area (Å²) in [7, 11) is 2.03. The van der Waals surface area contributed by atoms with Gasteiger partial charge in [0, 0.05) is 48.1 Å². The second-order valence-corrected chi connectivity index (χ2v) is 8.47. The van der Waals surface area contributed by atoms with Crippen LogP contribution >= 0.6 is 0 Å². The number of benzene rings is 1. The van der Waals surface area contributed by atoms with Crippen LogP contribution in [-0.2, 0) is 6.42 Å². The Morgan fingerprint density at radius 3 is 2.83 bits per heavy atom. The molecule has 1 fully saturated rings. The van der Waals surface area contributed by atoms with Crippen molar-refractivity contribution in [2.45, 2.75) is 32.1 Å². The molecule has 5 nitrogen and oxygen atoms in total. The minimum atomic E-state index is 0.672. The Balaban J connectivity index is 1.45. The molecular formula is C25H31N5. The number of hydrogen-bond donors (Lipinski definition) is 2. The molecule has 4 aromatic rings. The predicted molar refractivity (Wildman–Crippen MR) is 124 cm³/mol. The van der Waals surface area contributed by atoms with E-state index in [9.17, 15) is 0 Å². The van der Waals surface area contributed by atoms with E-state index in [1.807, 2.05) is 19.4 Å². The van der Waals surface area contributed by atoms with Crippen molar-refractivity contribution in [2.75, 3.05) is 33.2 Å². The summed E-state index contributed by atoms with van der Waals surface area (Å²) >= 11 is 0. The van der Waals surface area contributed by atoms with Crippen LogP contribution in [0.25, 0.3) is 27.8 Å². The summed E-state index contributed by atoms with van der Waals surface area (Å²) in [5.41, 5.74) is 7.59. The summed E-state index contributed by atoms with van der Waals surface area (Å²) in [5, 5.41) is 4.65. The van der Waals surface area contributed by atoms with E-state index < -0.39 is 0 Å². The number of nitrogens with zero attached hydrogens (tertiary/aromatic N) is 3. The van der Waals surface area contributed by atoms with Gasteiger partial charge in [-0.1, -0.05) is 13.0 Å². The monoisotopic (exact) mass is 401 g/mol. The van der Waals surface area contributed by atoms with Gasteiger partial charge in [-0.3, -0.25) is 0 Å². The molecule has 0 bridgehead atoms. The fourth-order valence-electron chi connectivity index (χ4n) is 4.96. The second-order valence-electron chi connectivity index (χ2n) is 8.47. The summed E-state index contributed by atoms with van der Waals surface area (Å²) in [5.74, 6) is 0.672. The number of rotatable bonds is 6. The molecule has 2 N–H and O–H groups in total. The summed E-state index contributed by atoms with van der Waals surface area (Å²) < 4.78 is 2.09. The number of aryl methyl sites for hydroxylation is 1. The highest BCUT2D eigenvalue weighted by Crippen LogP contribution is 2.35. The minimum Gasteiger partial charge on any atom is -0.354 e. The third-order valence-electron chi connectivity index (χ3n) is 6.70. The lowest BCUT2D eigenvalue weighted by Gasteiger charge is -2.32. The summed E-state index contributed by atoms with van der Waals surface area (Å²) in [6.45, 7) is 6.90. The van der Waals surface area contributed by atoms with E-state index in [1.165, 1.54) is 59.2 Å². The van der Waals surface area contributed by atoms with Gasteiger partial charge in [0.25, 0.3) is 0 Å². The van der Waals surface area contributed by atoms with Crippen LogP contribution in [0.4, 0.5) is 0 Å². The Hall–Kier alpha value is -2.63. The van der Waals surface area contributed by atoms with Crippen molar-refractivity contribution in [3.05, 3.63) is 60.0 Å². The standard InChI is InChI=1S/C25H31N5/c1-3-21-22-16-19(18-8-12-29(13-9-18)14-10-26-2)4-6-23(22)28-25(21)20-5-7-24-27-11-15-30(24)17-20/h4-7,11,15-18,26,28H,3,8-10,12-14H2,1-2H3. The van der Waals surface area contributed by atoms with Gasteiger partial charge in [0.15, 0.2) is 0 Å². The SMILES string of the molecule is CCc1c(-c2ccc3nccn3c2)[nH]c2ccc(C3CCN(CCNC)CC3)cc12. The van der Waals surface area contributed by atoms with Gasteiger partial charge in [-0.2, -0.15) is 0 Å². The van der Waals surface area contributed by atoms with Crippen LogP contribution in [0.3, 0.4) is 0 Å². The number of likely N-dealkylation sites (N-methyl/N-ethyl adjacent to an activating group) is 1. The summed E-state index contributed by atoms with van der Waals surface area (Å²) in [6.07, 6.45) is 9.56. The molecule has 0 radical (unpaired) electrons. The molecule has 0 amide bonds. The Kier molecular flexibility index (Phi) is 5.32. The number of hydrogen-bond acceptors (Lipinski definition) is 3. The molecular weight excluding hydrogens is 370 g/mol. The molecule has 0 spiro atoms. The molecule has 5 heteroatoms. The molecule has 30 heavy (non-hydrogen) atoms. The van der Waals surface area contributed by atoms with E-state index >= 15 is 0 Å². The van der Waals surface area contributed by atoms with Crippen molar-refractivity contribution < 1.29 is 0 Å². The lowest BCUT2D eigenvalue weighted by molar-refractivity contribution is 0.214. The van der Waals surface area contributed by atoms with Gasteiger partial charge in [-0.05, 0) is 80.7 Å². The number of fused-ring (bicyclic) bond motifs is 2. The van der Waals surface area contributed by atoms with Crippen molar-refractivity contribution in [1.29, 1.82) is 0 Å². The average Bonchev–Trinajstić information content (AvgIpc) is 3.41. The molecule has 1 saturated heterocycles. The fraction of sp³-hybridized carbons (Fsp3) is 0.400. The van der Waals surface area contributed by atoms with Crippen LogP contribution in [0, 0.1) is 0 Å². The molecule has 0 unspecified atom stereocenters. The van der Waals surface area contributed by atoms with Gasteiger partial charge >= 0.3 is 0 Å². The maximum Gasteiger partial charge on any atom is 0.136 e. The zero-order valence-electron chi connectivity index (χ0n) is 18.0. The molecule has 0 saturated carbocycles. The zero-order valence-corrected chi connectivity index (χ0v) is 18.0. The Labute approximate surface area is 178 Å². The summed E-state index contributed by atoms with van der Waals surface area (Å²) in [4.78, 5) is 10.7. The Bertz CT molecular complexity index is 1150. The van der Waals surface area contributed by atoms with Crippen LogP contribution in [-0.4, -0.2) is 52.5 Å². The first kappa shape index (κ1) is 19.3. The molecule has 156 valence electrons. The van der Waals surface area contributed by atoms with E-state index in [0.29, 0.717) is 5.92 Å². The van der Waals surface area contributed by atoms with Crippen LogP contribution in [0.1, 0.15) is 36.8 Å². The average molecular weight is 402 g/mol. The van der Waals surface area contributed by atoms with E-state index in [0.717, 1.165) is 25.2 Å². The van der Waals surface area contributed by atoms with Crippen molar-refractivity contribution in [2.24, 2.45) is 0 Å². The van der Waals surface area contributed by atoms with E-state index in [2.05, 4.69) is 68.0 Å². The highest BCUT2D eigenvalue weighted by molar-refractivity contribution is 5.91. The quantitative estimate of drug-likeness (QED) is 0.502. The molecule has 4 heterocycles. The van der Waals surface area contributed by atoms with Crippen LogP contribution < -0.4 is 5.32 Å². The lowest BCUT2D eigenvalue weighted by Crippen LogP contribution is -2.37. The van der Waals surface area contributed by atoms with Crippen LogP contribution in [0.2, 0.25) is 0 Å². The largest absolute Gasteiger partial charge is 0.354 e. The zero-order chi connectivity index (χ0) is 20.5. The Morgan fingerprint density at radius 2 is 2.03 bits per heavy atom. The normalized spacial score (nSPS) is 16.1. The van der Waals surface area contributed by atoms with Gasteiger partial charge in [0.05, 0.1) is 5.69 Å². The third kappa shape index (κ3) is 3.53. The van der Waals surface area contributed by atoms with Crippen LogP contribution in [0.5, 0.6) is 0 Å². The number of nitrogens with one attached hydrogen (secondary N) is 2. The van der Waals surface area contributed by atoms with Crippen molar-refractivity contribution in [3.63, 3.8) is 0 Å². The topological polar surface area (TPSA) is 48.4 Å². The van der Waals surface area contributed by atoms with Gasteiger partial charge in [0.1, 0.15) is 5.65 Å². The second kappa shape index (κ2) is 8.25. The molecule has 1 aliphatic rings. The molecule has 0 atom stereocenters. The first-order valence-corrected chi connectivity index (χ1v) is 11.2. The van der Waals surface area contributed by atoms with Gasteiger partial charge in [-0.15, -0.1) is 0 Å². The predicted octanol–water partition coefficient (Wildman–Crippen LogP) is 4.44. The maximum atomic E-state index is 4.37. The number of imidazole rings is 1. The Morgan fingerprint density at radius 1 is 1.17 bits per heavy atom. The van der Waals surface area contributed by atoms with Crippen molar-refractivity contribution in [3.8, 4) is 11.3 Å². The molecule has 1 aromatic carbocycles. The van der Waals surface area contributed by atoms with E-state index in [-0.39, 0.29) is 0 Å². The van der Waals surface area contributed by atoms with Crippen molar-refractivity contribution >= 4 is 16.6 Å². The highest BCUT2D eigenvalue weighted by Gasteiger charge is 2.21. The lowest BCUT2D eigenvalue weighted by atomic mass is 9.88. The van der Waals surface area contributed by atoms with E-state index in [4.69, 9.17) is 0 Å². The van der Waals surface area contributed by atoms with Crippen molar-refractivity contribution in [1.82, 2.24) is 24.6 Å². The number of pyridine rings is 1. The van der Waals surface area contributed by atoms with E-state index in [1.54, 1.807) is 0 Å². The molecule has 0 aliphatic carbocycles. The number of H-pyrrole nitrogens is 1. The number of likely N-dealkylation sites (tertiary alicyclic amines) is 1. The van der Waals surface area contributed by atoms with Gasteiger partial charge in [-0.25, -0.2) is 4.98 Å². The third-order valence-corrected chi connectivity index (χ3v) is 6.70. The molecule has 1 aliphatic heterocycles. The maximum absolute atomic E-state index is 4.37.